The van der Waals surface area contributed by atoms with Crippen molar-refractivity contribution in [1.82, 2.24) is 15.5 Å². The Bertz CT molecular complexity index is 1020. The number of hydrogen-bond donors (Lipinski definition) is 3. The Kier molecular flexibility index (Phi) is 16.2. The van der Waals surface area contributed by atoms with Crippen molar-refractivity contribution in [2.45, 2.75) is 143 Å². The van der Waals surface area contributed by atoms with Crippen LogP contribution in [0.15, 0.2) is 18.2 Å². The normalized spacial score (nSPS) is 13.5. The third kappa shape index (κ3) is 13.7. The second kappa shape index (κ2) is 18.4. The van der Waals surface area contributed by atoms with Gasteiger partial charge in [-0.05, 0) is 71.9 Å². The smallest absolute Gasteiger partial charge is 0.408 e. The van der Waals surface area contributed by atoms with E-state index in [2.05, 4.69) is 24.5 Å². The summed E-state index contributed by atoms with van der Waals surface area (Å²) in [5.74, 6) is -1.30. The van der Waals surface area contributed by atoms with Crippen LogP contribution >= 0.6 is 0 Å². The molecule has 1 aromatic carbocycles. The Morgan fingerprint density at radius 1 is 0.929 bits per heavy atom. The van der Waals surface area contributed by atoms with Crippen LogP contribution in [0.2, 0.25) is 0 Å². The highest BCUT2D eigenvalue weighted by atomic mass is 16.6. The zero-order valence-corrected chi connectivity index (χ0v) is 27.3. The molecule has 4 amide bonds. The molecule has 0 fully saturated rings. The monoisotopic (exact) mass is 588 g/mol. The van der Waals surface area contributed by atoms with Crippen molar-refractivity contribution >= 4 is 23.8 Å². The van der Waals surface area contributed by atoms with Gasteiger partial charge in [-0.25, -0.2) is 4.79 Å². The molecule has 4 N–H and O–H groups in total. The summed E-state index contributed by atoms with van der Waals surface area (Å²) in [7, 11) is 0. The number of nitrogens with zero attached hydrogens (tertiary/aromatic N) is 1. The maximum atomic E-state index is 14.4. The second-order valence-corrected chi connectivity index (χ2v) is 12.5. The number of amides is 4. The second-order valence-electron chi connectivity index (χ2n) is 12.5. The molecule has 9 heteroatoms. The minimum Gasteiger partial charge on any atom is -0.444 e. The fourth-order valence-electron chi connectivity index (χ4n) is 4.96. The molecule has 0 saturated carbocycles. The molecule has 0 radical (unpaired) electrons. The number of nitrogens with one attached hydrogen (secondary N) is 2. The molecular formula is C33H56N4O5. The molecular weight excluding hydrogens is 532 g/mol. The van der Waals surface area contributed by atoms with Gasteiger partial charge in [0, 0.05) is 19.0 Å². The van der Waals surface area contributed by atoms with Crippen LogP contribution in [0.4, 0.5) is 4.79 Å². The minimum atomic E-state index is -1.10. The Morgan fingerprint density at radius 2 is 1.57 bits per heavy atom. The van der Waals surface area contributed by atoms with Gasteiger partial charge >= 0.3 is 6.09 Å². The molecule has 0 aliphatic carbocycles. The van der Waals surface area contributed by atoms with E-state index in [0.717, 1.165) is 61.6 Å². The lowest BCUT2D eigenvalue weighted by Gasteiger charge is -2.36. The number of aryl methyl sites for hydroxylation is 2. The average Bonchev–Trinajstić information content (AvgIpc) is 2.88. The topological polar surface area (TPSA) is 131 Å². The lowest BCUT2D eigenvalue weighted by atomic mass is 9.95. The fourth-order valence-corrected chi connectivity index (χ4v) is 4.96. The zero-order chi connectivity index (χ0) is 31.9. The van der Waals surface area contributed by atoms with E-state index in [1.165, 1.54) is 0 Å². The van der Waals surface area contributed by atoms with E-state index in [0.29, 0.717) is 13.0 Å². The average molecular weight is 589 g/mol. The molecule has 0 aliphatic rings. The molecule has 1 aromatic rings. The largest absolute Gasteiger partial charge is 0.444 e. The predicted molar refractivity (Wildman–Crippen MR) is 168 cm³/mol. The fraction of sp³-hybridized carbons (Fsp3) is 0.697. The molecule has 1 rings (SSSR count). The number of ether oxygens (including phenoxy) is 1. The van der Waals surface area contributed by atoms with Crippen LogP contribution in [-0.2, 0) is 19.1 Å². The van der Waals surface area contributed by atoms with Gasteiger partial charge in [-0.3, -0.25) is 14.4 Å². The van der Waals surface area contributed by atoms with Crippen molar-refractivity contribution < 1.29 is 23.9 Å². The molecule has 0 bridgehead atoms. The maximum absolute atomic E-state index is 14.4. The molecule has 9 nitrogen and oxygen atoms in total. The quantitative estimate of drug-likeness (QED) is 0.181. The van der Waals surface area contributed by atoms with E-state index in [1.54, 1.807) is 25.7 Å². The predicted octanol–water partition coefficient (Wildman–Crippen LogP) is 6.00. The number of carbonyl (C=O) groups is 4. The van der Waals surface area contributed by atoms with Crippen LogP contribution in [-0.4, -0.2) is 52.9 Å². The van der Waals surface area contributed by atoms with Gasteiger partial charge in [0.25, 0.3) is 0 Å². The molecule has 3 atom stereocenters. The zero-order valence-electron chi connectivity index (χ0n) is 27.3. The number of alkyl carbamates (subject to hydrolysis) is 1. The highest BCUT2D eigenvalue weighted by molar-refractivity contribution is 5.92. The van der Waals surface area contributed by atoms with E-state index in [9.17, 15) is 19.2 Å². The molecule has 3 unspecified atom stereocenters. The van der Waals surface area contributed by atoms with Crippen molar-refractivity contribution in [3.63, 3.8) is 0 Å². The summed E-state index contributed by atoms with van der Waals surface area (Å²) in [5, 5.41) is 5.79. The van der Waals surface area contributed by atoms with Gasteiger partial charge in [0.1, 0.15) is 17.7 Å². The van der Waals surface area contributed by atoms with Crippen molar-refractivity contribution in [3.8, 4) is 0 Å². The van der Waals surface area contributed by atoms with Gasteiger partial charge in [0.2, 0.25) is 17.7 Å². The van der Waals surface area contributed by atoms with Gasteiger partial charge < -0.3 is 26.0 Å². The van der Waals surface area contributed by atoms with Crippen LogP contribution in [0.25, 0.3) is 0 Å². The number of nitrogens with two attached hydrogens (primary N) is 1. The molecule has 0 aliphatic heterocycles. The number of benzene rings is 1. The summed E-state index contributed by atoms with van der Waals surface area (Å²) < 4.78 is 5.43. The Labute approximate surface area is 253 Å². The Morgan fingerprint density at radius 3 is 2.17 bits per heavy atom. The van der Waals surface area contributed by atoms with Crippen LogP contribution in [0.5, 0.6) is 0 Å². The van der Waals surface area contributed by atoms with E-state index < -0.39 is 35.6 Å². The Hall–Kier alpha value is -3.10. The number of primary amides is 1. The van der Waals surface area contributed by atoms with E-state index in [4.69, 9.17) is 10.5 Å². The first-order chi connectivity index (χ1) is 19.7. The summed E-state index contributed by atoms with van der Waals surface area (Å²) in [5.41, 5.74) is 7.25. The van der Waals surface area contributed by atoms with Gasteiger partial charge in [-0.1, -0.05) is 76.1 Å². The first kappa shape index (κ1) is 36.9. The van der Waals surface area contributed by atoms with E-state index in [1.807, 2.05) is 39.0 Å². The number of rotatable bonds is 18. The summed E-state index contributed by atoms with van der Waals surface area (Å²) in [6, 6.07) is 3.80. The van der Waals surface area contributed by atoms with E-state index in [-0.39, 0.29) is 24.8 Å². The van der Waals surface area contributed by atoms with Crippen LogP contribution in [0.1, 0.15) is 128 Å². The van der Waals surface area contributed by atoms with Crippen LogP contribution < -0.4 is 16.4 Å². The molecule has 238 valence electrons. The standard InChI is InChI=1S/C33H56N4O5/c1-9-11-12-13-14-15-21-37(31(40)27(19-20-28(34)38)36-32(41)42-33(6,7)8)29(30(39)35-25(5)16-10-2)26-22-23(3)17-18-24(26)4/h17-18,22,25,27,29H,9-16,19-21H2,1-8H3,(H2,34,38)(H,35,39)(H,36,41). The van der Waals surface area contributed by atoms with Gasteiger partial charge in [-0.2, -0.15) is 0 Å². The van der Waals surface area contributed by atoms with Gasteiger partial charge in [0.05, 0.1) is 0 Å². The lowest BCUT2D eigenvalue weighted by Crippen LogP contribution is -2.54. The highest BCUT2D eigenvalue weighted by Crippen LogP contribution is 2.28. The van der Waals surface area contributed by atoms with Gasteiger partial charge in [0.15, 0.2) is 0 Å². The van der Waals surface area contributed by atoms with Crippen molar-refractivity contribution in [2.75, 3.05) is 6.54 Å². The van der Waals surface area contributed by atoms with Gasteiger partial charge in [-0.15, -0.1) is 0 Å². The first-order valence-corrected chi connectivity index (χ1v) is 15.7. The van der Waals surface area contributed by atoms with Crippen LogP contribution in [0, 0.1) is 13.8 Å². The van der Waals surface area contributed by atoms with Crippen LogP contribution in [0.3, 0.4) is 0 Å². The minimum absolute atomic E-state index is 0.00617. The molecule has 0 heterocycles. The molecule has 42 heavy (non-hydrogen) atoms. The summed E-state index contributed by atoms with van der Waals surface area (Å²) >= 11 is 0. The SMILES string of the molecule is CCCCCCCCN(C(=O)C(CCC(N)=O)NC(=O)OC(C)(C)C)C(C(=O)NC(C)CCC)c1cc(C)ccc1C. The first-order valence-electron chi connectivity index (χ1n) is 15.7. The number of unbranched alkanes of at least 4 members (excludes halogenated alkanes) is 5. The van der Waals surface area contributed by atoms with Crippen molar-refractivity contribution in [1.29, 1.82) is 0 Å². The maximum Gasteiger partial charge on any atom is 0.408 e. The molecule has 0 spiro atoms. The summed E-state index contributed by atoms with van der Waals surface area (Å²) in [6.45, 7) is 15.6. The third-order valence-electron chi connectivity index (χ3n) is 7.10. The lowest BCUT2D eigenvalue weighted by molar-refractivity contribution is -0.143. The highest BCUT2D eigenvalue weighted by Gasteiger charge is 2.37. The van der Waals surface area contributed by atoms with Crippen molar-refractivity contribution in [3.05, 3.63) is 34.9 Å². The van der Waals surface area contributed by atoms with Crippen molar-refractivity contribution in [2.24, 2.45) is 5.73 Å². The third-order valence-corrected chi connectivity index (χ3v) is 7.10. The summed E-state index contributed by atoms with van der Waals surface area (Å²) in [4.78, 5) is 54.5. The van der Waals surface area contributed by atoms with E-state index >= 15 is 0 Å². The summed E-state index contributed by atoms with van der Waals surface area (Å²) in [6.07, 6.45) is 6.86. The molecule has 0 aromatic heterocycles. The number of carbonyl (C=O) groups excluding carboxylic acids is 4. The Balaban J connectivity index is 3.58. The molecule has 0 saturated heterocycles. The number of hydrogen-bond acceptors (Lipinski definition) is 5.